The molecule has 2 N–H and O–H groups in total. The molecule has 0 aliphatic carbocycles. The van der Waals surface area contributed by atoms with Gasteiger partial charge in [-0.3, -0.25) is 9.59 Å². The summed E-state index contributed by atoms with van der Waals surface area (Å²) in [6, 6.07) is 4.82. The quantitative estimate of drug-likeness (QED) is 0.611. The normalized spacial score (nSPS) is 14.1. The van der Waals surface area contributed by atoms with Gasteiger partial charge in [0.15, 0.2) is 5.82 Å². The summed E-state index contributed by atoms with van der Waals surface area (Å²) in [5.74, 6) is 0.366. The minimum Gasteiger partial charge on any atom is -0.378 e. The van der Waals surface area contributed by atoms with Crippen LogP contribution < -0.4 is 21.1 Å². The minimum atomic E-state index is -0.309. The predicted molar refractivity (Wildman–Crippen MR) is 95.1 cm³/mol. The number of carbonyl (C=O) groups excluding carboxylic acids is 1. The van der Waals surface area contributed by atoms with Gasteiger partial charge in [0.2, 0.25) is 5.91 Å². The number of carbonyl (C=O) groups is 1. The third-order valence-corrected chi connectivity index (χ3v) is 3.85. The van der Waals surface area contributed by atoms with Gasteiger partial charge in [-0.1, -0.05) is 0 Å². The fraction of sp³-hybridized carbons (Fsp3) is 0.438. The van der Waals surface area contributed by atoms with Crippen LogP contribution in [-0.2, 0) is 16.1 Å². The van der Waals surface area contributed by atoms with Crippen molar-refractivity contribution in [3.05, 3.63) is 40.9 Å². The maximum Gasteiger partial charge on any atom is 0.267 e. The Kier molecular flexibility index (Phi) is 6.09. The molecule has 0 unspecified atom stereocenters. The van der Waals surface area contributed by atoms with E-state index < -0.39 is 0 Å². The molecule has 1 aliphatic heterocycles. The lowest BCUT2D eigenvalue weighted by molar-refractivity contribution is -0.121. The lowest BCUT2D eigenvalue weighted by Crippen LogP contribution is -2.36. The summed E-state index contributed by atoms with van der Waals surface area (Å²) < 4.78 is 6.46. The standard InChI is InChI=1S/C16H21N7O3/c24-15(12-23-16(25)2-1-3-20-23)18-5-4-17-14-10-13(11-19-21-14)22-6-8-26-9-7-22/h1-3,10-11H,4-9,12H2,(H,17,21)(H,18,24). The fourth-order valence-corrected chi connectivity index (χ4v) is 2.53. The molecule has 10 nitrogen and oxygen atoms in total. The number of amides is 1. The summed E-state index contributed by atoms with van der Waals surface area (Å²) >= 11 is 0. The zero-order valence-electron chi connectivity index (χ0n) is 14.3. The average molecular weight is 359 g/mol. The van der Waals surface area contributed by atoms with Gasteiger partial charge in [-0.15, -0.1) is 5.10 Å². The molecule has 2 aromatic rings. The van der Waals surface area contributed by atoms with Crippen LogP contribution in [0.15, 0.2) is 35.4 Å². The molecule has 10 heteroatoms. The Bertz CT molecular complexity index is 789. The molecule has 0 atom stereocenters. The number of morpholine rings is 1. The van der Waals surface area contributed by atoms with E-state index in [1.54, 1.807) is 6.20 Å². The fourth-order valence-electron chi connectivity index (χ4n) is 2.53. The first-order chi connectivity index (χ1) is 12.7. The Morgan fingerprint density at radius 3 is 2.92 bits per heavy atom. The molecule has 3 heterocycles. The van der Waals surface area contributed by atoms with Gasteiger partial charge in [0, 0.05) is 44.5 Å². The van der Waals surface area contributed by atoms with E-state index >= 15 is 0 Å². The monoisotopic (exact) mass is 359 g/mol. The number of anilines is 2. The number of rotatable bonds is 7. The largest absolute Gasteiger partial charge is 0.378 e. The van der Waals surface area contributed by atoms with Crippen LogP contribution in [0.25, 0.3) is 0 Å². The predicted octanol–water partition coefficient (Wildman–Crippen LogP) is -0.902. The van der Waals surface area contributed by atoms with Gasteiger partial charge in [0.1, 0.15) is 6.54 Å². The zero-order chi connectivity index (χ0) is 18.2. The Morgan fingerprint density at radius 1 is 1.27 bits per heavy atom. The minimum absolute atomic E-state index is 0.105. The summed E-state index contributed by atoms with van der Waals surface area (Å²) in [5, 5.41) is 17.8. The van der Waals surface area contributed by atoms with Crippen molar-refractivity contribution in [2.75, 3.05) is 49.6 Å². The van der Waals surface area contributed by atoms with E-state index in [-0.39, 0.29) is 18.0 Å². The molecule has 0 spiro atoms. The second-order valence-corrected chi connectivity index (χ2v) is 5.69. The van der Waals surface area contributed by atoms with Gasteiger partial charge in [-0.25, -0.2) is 4.68 Å². The summed E-state index contributed by atoms with van der Waals surface area (Å²) in [6.45, 7) is 3.84. The van der Waals surface area contributed by atoms with Crippen LogP contribution in [0.5, 0.6) is 0 Å². The van der Waals surface area contributed by atoms with Crippen molar-refractivity contribution in [1.29, 1.82) is 0 Å². The van der Waals surface area contributed by atoms with Gasteiger partial charge in [-0.05, 0) is 6.07 Å². The van der Waals surface area contributed by atoms with E-state index in [0.717, 1.165) is 23.5 Å². The molecular formula is C16H21N7O3. The van der Waals surface area contributed by atoms with Crippen LogP contribution in [0.4, 0.5) is 11.5 Å². The van der Waals surface area contributed by atoms with Crippen molar-refractivity contribution in [3.8, 4) is 0 Å². The number of ether oxygens (including phenoxy) is 1. The lowest BCUT2D eigenvalue weighted by Gasteiger charge is -2.28. The maximum atomic E-state index is 11.9. The Labute approximate surface area is 150 Å². The summed E-state index contributed by atoms with van der Waals surface area (Å²) in [7, 11) is 0. The van der Waals surface area contributed by atoms with Gasteiger partial charge in [-0.2, -0.15) is 10.2 Å². The first kappa shape index (κ1) is 17.8. The van der Waals surface area contributed by atoms with E-state index in [1.165, 1.54) is 18.3 Å². The maximum absolute atomic E-state index is 11.9. The van der Waals surface area contributed by atoms with E-state index in [2.05, 4.69) is 30.8 Å². The molecule has 1 fully saturated rings. The Morgan fingerprint density at radius 2 is 2.12 bits per heavy atom. The van der Waals surface area contributed by atoms with Crippen molar-refractivity contribution in [2.24, 2.45) is 0 Å². The Hall–Kier alpha value is -3.01. The molecule has 26 heavy (non-hydrogen) atoms. The van der Waals surface area contributed by atoms with Gasteiger partial charge in [0.25, 0.3) is 5.56 Å². The molecule has 0 radical (unpaired) electrons. The molecular weight excluding hydrogens is 338 g/mol. The highest BCUT2D eigenvalue weighted by Gasteiger charge is 2.12. The van der Waals surface area contributed by atoms with Crippen molar-refractivity contribution < 1.29 is 9.53 Å². The molecule has 1 amide bonds. The van der Waals surface area contributed by atoms with Gasteiger partial charge in [0.05, 0.1) is 25.1 Å². The molecule has 0 bridgehead atoms. The molecule has 1 saturated heterocycles. The molecule has 2 aromatic heterocycles. The molecule has 0 aromatic carbocycles. The zero-order valence-corrected chi connectivity index (χ0v) is 14.3. The average Bonchev–Trinajstić information content (AvgIpc) is 2.68. The highest BCUT2D eigenvalue weighted by atomic mass is 16.5. The van der Waals surface area contributed by atoms with E-state index in [1.807, 2.05) is 6.07 Å². The van der Waals surface area contributed by atoms with Crippen molar-refractivity contribution in [2.45, 2.75) is 6.54 Å². The topological polar surface area (TPSA) is 114 Å². The van der Waals surface area contributed by atoms with Gasteiger partial charge < -0.3 is 20.3 Å². The number of hydrogen-bond donors (Lipinski definition) is 2. The van der Waals surface area contributed by atoms with Crippen LogP contribution in [0.2, 0.25) is 0 Å². The lowest BCUT2D eigenvalue weighted by atomic mass is 10.3. The third-order valence-electron chi connectivity index (χ3n) is 3.85. The second-order valence-electron chi connectivity index (χ2n) is 5.69. The third kappa shape index (κ3) is 4.99. The number of aromatic nitrogens is 4. The molecule has 138 valence electrons. The van der Waals surface area contributed by atoms with E-state index in [9.17, 15) is 9.59 Å². The number of nitrogens with zero attached hydrogens (tertiary/aromatic N) is 5. The number of hydrogen-bond acceptors (Lipinski definition) is 8. The highest BCUT2D eigenvalue weighted by molar-refractivity contribution is 5.75. The SMILES string of the molecule is O=C(Cn1ncccc1=O)NCCNc1cc(N2CCOCC2)cnn1. The number of nitrogens with one attached hydrogen (secondary N) is 2. The first-order valence-electron chi connectivity index (χ1n) is 8.40. The summed E-state index contributed by atoms with van der Waals surface area (Å²) in [6.07, 6.45) is 3.19. The van der Waals surface area contributed by atoms with Crippen LogP contribution >= 0.6 is 0 Å². The van der Waals surface area contributed by atoms with E-state index in [4.69, 9.17) is 4.74 Å². The van der Waals surface area contributed by atoms with Crippen LogP contribution in [0.3, 0.4) is 0 Å². The highest BCUT2D eigenvalue weighted by Crippen LogP contribution is 2.16. The first-order valence-corrected chi connectivity index (χ1v) is 8.40. The molecule has 0 saturated carbocycles. The van der Waals surface area contributed by atoms with Crippen molar-refractivity contribution in [1.82, 2.24) is 25.3 Å². The summed E-state index contributed by atoms with van der Waals surface area (Å²) in [5.41, 5.74) is 0.681. The van der Waals surface area contributed by atoms with Crippen LogP contribution in [0, 0.1) is 0 Å². The molecule has 1 aliphatic rings. The van der Waals surface area contributed by atoms with Gasteiger partial charge >= 0.3 is 0 Å². The van der Waals surface area contributed by atoms with Crippen LogP contribution in [0.1, 0.15) is 0 Å². The Balaban J connectivity index is 1.42. The van der Waals surface area contributed by atoms with Crippen molar-refractivity contribution >= 4 is 17.4 Å². The summed E-state index contributed by atoms with van der Waals surface area (Å²) in [4.78, 5) is 25.6. The smallest absolute Gasteiger partial charge is 0.267 e. The second kappa shape index (κ2) is 8.90. The molecule has 3 rings (SSSR count). The van der Waals surface area contributed by atoms with Crippen molar-refractivity contribution in [3.63, 3.8) is 0 Å². The van der Waals surface area contributed by atoms with Crippen LogP contribution in [-0.4, -0.2) is 65.3 Å². The van der Waals surface area contributed by atoms with E-state index in [0.29, 0.717) is 32.1 Å².